The van der Waals surface area contributed by atoms with Crippen LogP contribution in [0.5, 0.6) is 0 Å². The molecular weight excluding hydrogens is 1060 g/mol. The third kappa shape index (κ3) is 28.9. The summed E-state index contributed by atoms with van der Waals surface area (Å²) in [6, 6.07) is 0. The van der Waals surface area contributed by atoms with Crippen molar-refractivity contribution in [1.29, 1.82) is 0 Å². The summed E-state index contributed by atoms with van der Waals surface area (Å²) in [6.07, 6.45) is -72.2. The van der Waals surface area contributed by atoms with Crippen LogP contribution < -0.4 is 0 Å². The highest BCUT2D eigenvalue weighted by atomic mass is 19.4. The second-order valence-corrected chi connectivity index (χ2v) is 13.6. The molecule has 0 heterocycles. The normalized spacial score (nSPS) is 16.7. The molecule has 70 heavy (non-hydrogen) atoms. The molecule has 0 saturated carbocycles. The largest absolute Gasteiger partial charge is 0.495 e. The summed E-state index contributed by atoms with van der Waals surface area (Å²) >= 11 is 0. The fraction of sp³-hybridized carbons (Fsp3) is 1.00. The van der Waals surface area contributed by atoms with Crippen molar-refractivity contribution in [3.8, 4) is 0 Å². The molecule has 5 atom stereocenters. The first kappa shape index (κ1) is 67.8. The van der Waals surface area contributed by atoms with Crippen molar-refractivity contribution in [1.82, 2.24) is 0 Å². The molecular formula is C31H44F20O19. The standard InChI is InChI=1S/C31H44F20O19/c32-22(33,13-61-9-19(56)7-59-5-17(54)1-3-52)65-26(40,41)28(44,45)70-31(50,51)68-25(38,39)16-64-12-21(58)11-62-14-23(34,35)66-27(42,43)29(46,47)69-30(48,49)67-24(36,37)15-63-10-20(57)8-60-6-18(55)2-4-53/h17-21,52-58H,1-16H2. The molecule has 0 aromatic heterocycles. The average Bonchev–Trinajstić information content (AvgIpc) is 3.11. The average molecular weight is 1100 g/mol. The molecule has 0 aromatic carbocycles. The van der Waals surface area contributed by atoms with Crippen LogP contribution in [-0.2, 0) is 56.8 Å². The lowest BCUT2D eigenvalue weighted by molar-refractivity contribution is -0.567. The van der Waals surface area contributed by atoms with Crippen molar-refractivity contribution in [3.63, 3.8) is 0 Å². The van der Waals surface area contributed by atoms with E-state index in [4.69, 9.17) is 19.7 Å². The van der Waals surface area contributed by atoms with Crippen LogP contribution in [0, 0.1) is 0 Å². The zero-order valence-corrected chi connectivity index (χ0v) is 34.8. The third-order valence-electron chi connectivity index (χ3n) is 6.75. The van der Waals surface area contributed by atoms with Gasteiger partial charge in [0.2, 0.25) is 0 Å². The van der Waals surface area contributed by atoms with E-state index in [0.29, 0.717) is 0 Å². The highest BCUT2D eigenvalue weighted by Gasteiger charge is 2.70. The number of aliphatic hydroxyl groups is 7. The predicted octanol–water partition coefficient (Wildman–Crippen LogP) is 2.60. The van der Waals surface area contributed by atoms with E-state index in [0.717, 1.165) is 0 Å². The molecule has 0 spiro atoms. The molecule has 39 heteroatoms. The highest BCUT2D eigenvalue weighted by molar-refractivity contribution is 4.73. The molecule has 0 saturated heterocycles. The van der Waals surface area contributed by atoms with Gasteiger partial charge in [0, 0.05) is 13.2 Å². The Morgan fingerprint density at radius 1 is 0.271 bits per heavy atom. The minimum atomic E-state index is -7.00. The van der Waals surface area contributed by atoms with E-state index in [1.807, 2.05) is 0 Å². The maximum atomic E-state index is 13.8. The highest BCUT2D eigenvalue weighted by Crippen LogP contribution is 2.46. The van der Waals surface area contributed by atoms with Crippen LogP contribution in [0.15, 0.2) is 0 Å². The van der Waals surface area contributed by atoms with Crippen LogP contribution in [0.3, 0.4) is 0 Å². The van der Waals surface area contributed by atoms with Gasteiger partial charge in [-0.3, -0.25) is 0 Å². The molecule has 0 amide bonds. The monoisotopic (exact) mass is 1100 g/mol. The predicted molar refractivity (Wildman–Crippen MR) is 174 cm³/mol. The van der Waals surface area contributed by atoms with Gasteiger partial charge in [-0.25, -0.2) is 28.4 Å². The first-order valence-electron chi connectivity index (χ1n) is 18.6. The van der Waals surface area contributed by atoms with Crippen molar-refractivity contribution in [2.45, 2.75) is 105 Å². The second kappa shape index (κ2) is 28.5. The molecule has 5 unspecified atom stereocenters. The lowest BCUT2D eigenvalue weighted by Gasteiger charge is -2.32. The molecule has 0 bridgehead atoms. The number of ether oxygens (including phenoxy) is 12. The first-order chi connectivity index (χ1) is 31.5. The molecule has 0 radical (unpaired) electrons. The molecule has 0 aliphatic heterocycles. The lowest BCUT2D eigenvalue weighted by atomic mass is 10.3. The van der Waals surface area contributed by atoms with Crippen molar-refractivity contribution >= 4 is 0 Å². The van der Waals surface area contributed by atoms with Gasteiger partial charge in [0.1, 0.15) is 44.7 Å². The lowest BCUT2D eigenvalue weighted by Crippen LogP contribution is -2.54. The van der Waals surface area contributed by atoms with E-state index < -0.39 is 184 Å². The Labute approximate surface area is 378 Å². The van der Waals surface area contributed by atoms with Crippen molar-refractivity contribution < 1.29 is 180 Å². The first-order valence-corrected chi connectivity index (χ1v) is 18.6. The quantitative estimate of drug-likeness (QED) is 0.0343. The molecule has 0 rings (SSSR count). The molecule has 0 aliphatic carbocycles. The van der Waals surface area contributed by atoms with Gasteiger partial charge in [-0.1, -0.05) is 0 Å². The van der Waals surface area contributed by atoms with Gasteiger partial charge in [-0.2, -0.15) is 70.2 Å². The Hall–Kier alpha value is -2.16. The molecule has 422 valence electrons. The van der Waals surface area contributed by atoms with Crippen LogP contribution in [0.4, 0.5) is 87.8 Å². The van der Waals surface area contributed by atoms with Crippen LogP contribution in [0.25, 0.3) is 0 Å². The Bertz CT molecular complexity index is 1450. The van der Waals surface area contributed by atoms with Crippen LogP contribution in [-0.4, -0.2) is 220 Å². The Morgan fingerprint density at radius 2 is 0.471 bits per heavy atom. The summed E-state index contributed by atoms with van der Waals surface area (Å²) in [6.45, 7) is -19.5. The summed E-state index contributed by atoms with van der Waals surface area (Å²) in [5, 5.41) is 64.3. The van der Waals surface area contributed by atoms with Crippen molar-refractivity contribution in [3.05, 3.63) is 0 Å². The number of alkyl halides is 20. The van der Waals surface area contributed by atoms with Crippen LogP contribution in [0.1, 0.15) is 12.8 Å². The number of halogens is 20. The van der Waals surface area contributed by atoms with Gasteiger partial charge in [-0.15, -0.1) is 17.6 Å². The fourth-order valence-electron chi connectivity index (χ4n) is 3.96. The second-order valence-electron chi connectivity index (χ2n) is 13.6. The van der Waals surface area contributed by atoms with Gasteiger partial charge in [0.15, 0.2) is 0 Å². The third-order valence-corrected chi connectivity index (χ3v) is 6.75. The SMILES string of the molecule is OCCC(O)COCC(O)COCC(F)(F)OC(F)(F)OC(F)(F)C(F)(F)OC(F)(F)COCC(O)COCC(F)(F)OC(F)(F)OC(F)(F)C(F)(F)OC(F)(F)COCC(O)COCC(O)CCO. The Kier molecular flexibility index (Phi) is 27.6. The van der Waals surface area contributed by atoms with Gasteiger partial charge in [0.25, 0.3) is 0 Å². The van der Waals surface area contributed by atoms with Gasteiger partial charge >= 0.3 is 61.5 Å². The van der Waals surface area contributed by atoms with Gasteiger partial charge in [-0.05, 0) is 12.8 Å². The minimum absolute atomic E-state index is 0.175. The molecule has 7 N–H and O–H groups in total. The van der Waals surface area contributed by atoms with E-state index in [1.54, 1.807) is 0 Å². The number of rotatable bonds is 42. The topological polar surface area (TPSA) is 252 Å². The van der Waals surface area contributed by atoms with Crippen molar-refractivity contribution in [2.24, 2.45) is 0 Å². The zero-order valence-electron chi connectivity index (χ0n) is 34.8. The maximum Gasteiger partial charge on any atom is 0.495 e. The van der Waals surface area contributed by atoms with Gasteiger partial charge < -0.3 is 64.2 Å². The molecule has 0 fully saturated rings. The van der Waals surface area contributed by atoms with E-state index in [2.05, 4.69) is 47.4 Å². The fourth-order valence-corrected chi connectivity index (χ4v) is 3.96. The van der Waals surface area contributed by atoms with E-state index in [9.17, 15) is 113 Å². The zero-order chi connectivity index (χ0) is 54.7. The van der Waals surface area contributed by atoms with E-state index >= 15 is 0 Å². The summed E-state index contributed by atoms with van der Waals surface area (Å²) in [5.41, 5.74) is 0. The number of hydrogen-bond donors (Lipinski definition) is 7. The molecule has 19 nitrogen and oxygen atoms in total. The van der Waals surface area contributed by atoms with E-state index in [-0.39, 0.29) is 12.8 Å². The Morgan fingerprint density at radius 3 is 0.714 bits per heavy atom. The van der Waals surface area contributed by atoms with E-state index in [1.165, 1.54) is 0 Å². The smallest absolute Gasteiger partial charge is 0.396 e. The minimum Gasteiger partial charge on any atom is -0.396 e. The van der Waals surface area contributed by atoms with Crippen molar-refractivity contribution in [2.75, 3.05) is 92.5 Å². The summed E-state index contributed by atoms with van der Waals surface area (Å²) in [4.78, 5) is 0. The molecule has 0 aliphatic rings. The summed E-state index contributed by atoms with van der Waals surface area (Å²) in [7, 11) is 0. The van der Waals surface area contributed by atoms with Gasteiger partial charge in [0.05, 0.1) is 65.1 Å². The number of hydrogen-bond acceptors (Lipinski definition) is 19. The van der Waals surface area contributed by atoms with Crippen LogP contribution >= 0.6 is 0 Å². The molecule has 0 aromatic rings. The summed E-state index contributed by atoms with van der Waals surface area (Å²) < 4.78 is 315. The Balaban J connectivity index is 5.02. The van der Waals surface area contributed by atoms with Crippen LogP contribution in [0.2, 0.25) is 0 Å². The number of aliphatic hydroxyl groups excluding tert-OH is 7. The summed E-state index contributed by atoms with van der Waals surface area (Å²) in [5.74, 6) is 0. The maximum absolute atomic E-state index is 13.8.